The van der Waals surface area contributed by atoms with E-state index in [4.69, 9.17) is 33.3 Å². The van der Waals surface area contributed by atoms with Crippen LogP contribution in [-0.2, 0) is 9.53 Å². The van der Waals surface area contributed by atoms with E-state index in [9.17, 15) is 9.59 Å². The first-order chi connectivity index (χ1) is 14.5. The minimum Gasteiger partial charge on any atom is -0.494 e. The standard InChI is InChI=1S/C22H25ClN2O4S/c1-2-3-13-29-21(27)16-6-4-7-18(15-16)24-22(30)25-20(26)8-5-14-28-19-11-9-17(23)10-12-19/h4,6-7,9-12,15H,2-3,5,8,13-14H2,1H3,(H2,24,25,26,30). The number of benzene rings is 2. The second kappa shape index (κ2) is 12.8. The molecule has 0 aromatic heterocycles. The van der Waals surface area contributed by atoms with Crippen molar-refractivity contribution in [3.8, 4) is 5.75 Å². The quantitative estimate of drug-likeness (QED) is 0.303. The largest absolute Gasteiger partial charge is 0.494 e. The van der Waals surface area contributed by atoms with Crippen LogP contribution >= 0.6 is 23.8 Å². The Morgan fingerprint density at radius 1 is 1.07 bits per heavy atom. The third kappa shape index (κ3) is 8.80. The highest BCUT2D eigenvalue weighted by Crippen LogP contribution is 2.16. The molecule has 0 radical (unpaired) electrons. The van der Waals surface area contributed by atoms with Crippen LogP contribution in [0.4, 0.5) is 5.69 Å². The Morgan fingerprint density at radius 3 is 2.57 bits per heavy atom. The fourth-order valence-corrected chi connectivity index (χ4v) is 2.78. The third-order valence-electron chi connectivity index (χ3n) is 3.97. The molecule has 2 aromatic rings. The molecule has 0 bridgehead atoms. The number of thiocarbonyl (C=S) groups is 1. The number of anilines is 1. The second-order valence-corrected chi connectivity index (χ2v) is 7.32. The van der Waals surface area contributed by atoms with Gasteiger partial charge in [-0.3, -0.25) is 4.79 Å². The molecular weight excluding hydrogens is 424 g/mol. The van der Waals surface area contributed by atoms with Crippen molar-refractivity contribution >= 4 is 46.5 Å². The predicted molar refractivity (Wildman–Crippen MR) is 122 cm³/mol. The number of halogens is 1. The number of carbonyl (C=O) groups excluding carboxylic acids is 2. The second-order valence-electron chi connectivity index (χ2n) is 6.48. The topological polar surface area (TPSA) is 76.7 Å². The number of esters is 1. The van der Waals surface area contributed by atoms with Gasteiger partial charge in [0, 0.05) is 17.1 Å². The fraction of sp³-hybridized carbons (Fsp3) is 0.318. The van der Waals surface area contributed by atoms with Crippen LogP contribution in [0.2, 0.25) is 5.02 Å². The van der Waals surface area contributed by atoms with Gasteiger partial charge in [-0.2, -0.15) is 0 Å². The lowest BCUT2D eigenvalue weighted by atomic mass is 10.2. The maximum Gasteiger partial charge on any atom is 0.338 e. The summed E-state index contributed by atoms with van der Waals surface area (Å²) >= 11 is 11.0. The molecule has 160 valence electrons. The Balaban J connectivity index is 1.71. The zero-order chi connectivity index (χ0) is 21.8. The van der Waals surface area contributed by atoms with E-state index in [2.05, 4.69) is 10.6 Å². The SMILES string of the molecule is CCCCOC(=O)c1cccc(NC(=S)NC(=O)CCCOc2ccc(Cl)cc2)c1. The van der Waals surface area contributed by atoms with Gasteiger partial charge in [0.1, 0.15) is 5.75 Å². The Hall–Kier alpha value is -2.64. The van der Waals surface area contributed by atoms with Crippen LogP contribution in [0.1, 0.15) is 43.0 Å². The summed E-state index contributed by atoms with van der Waals surface area (Å²) in [5, 5.41) is 6.32. The molecule has 0 spiro atoms. The lowest BCUT2D eigenvalue weighted by Crippen LogP contribution is -2.34. The number of nitrogens with one attached hydrogen (secondary N) is 2. The summed E-state index contributed by atoms with van der Waals surface area (Å²) in [7, 11) is 0. The van der Waals surface area contributed by atoms with Gasteiger partial charge in [0.15, 0.2) is 5.11 Å². The number of hydrogen-bond donors (Lipinski definition) is 2. The molecule has 0 saturated carbocycles. The first-order valence-corrected chi connectivity index (χ1v) is 10.5. The smallest absolute Gasteiger partial charge is 0.338 e. The molecule has 0 saturated heterocycles. The molecule has 1 amide bonds. The number of carbonyl (C=O) groups is 2. The number of unbranched alkanes of at least 4 members (excludes halogenated alkanes) is 1. The van der Waals surface area contributed by atoms with Gasteiger partial charge in [-0.1, -0.05) is 31.0 Å². The van der Waals surface area contributed by atoms with Gasteiger partial charge in [-0.25, -0.2) is 4.79 Å². The van der Waals surface area contributed by atoms with Crippen LogP contribution in [0.15, 0.2) is 48.5 Å². The summed E-state index contributed by atoms with van der Waals surface area (Å²) < 4.78 is 10.7. The molecule has 0 atom stereocenters. The summed E-state index contributed by atoms with van der Waals surface area (Å²) in [6.45, 7) is 2.82. The van der Waals surface area contributed by atoms with E-state index in [1.54, 1.807) is 48.5 Å². The molecule has 6 nitrogen and oxygen atoms in total. The molecule has 2 rings (SSSR count). The maximum absolute atomic E-state index is 12.0. The minimum absolute atomic E-state index is 0.162. The van der Waals surface area contributed by atoms with E-state index < -0.39 is 0 Å². The van der Waals surface area contributed by atoms with Gasteiger partial charge in [0.25, 0.3) is 0 Å². The average Bonchev–Trinajstić information content (AvgIpc) is 2.72. The summed E-state index contributed by atoms with van der Waals surface area (Å²) in [5.41, 5.74) is 1.01. The van der Waals surface area contributed by atoms with Crippen molar-refractivity contribution in [2.75, 3.05) is 18.5 Å². The summed E-state index contributed by atoms with van der Waals surface area (Å²) in [6, 6.07) is 13.8. The lowest BCUT2D eigenvalue weighted by molar-refractivity contribution is -0.119. The van der Waals surface area contributed by atoms with Crippen LogP contribution < -0.4 is 15.4 Å². The number of rotatable bonds is 10. The van der Waals surface area contributed by atoms with E-state index in [1.807, 2.05) is 6.92 Å². The van der Waals surface area contributed by atoms with Crippen molar-refractivity contribution < 1.29 is 19.1 Å². The van der Waals surface area contributed by atoms with Crippen LogP contribution in [0, 0.1) is 0 Å². The summed E-state index contributed by atoms with van der Waals surface area (Å²) in [4.78, 5) is 24.1. The molecule has 0 heterocycles. The molecule has 8 heteroatoms. The van der Waals surface area contributed by atoms with Gasteiger partial charge >= 0.3 is 5.97 Å². The Morgan fingerprint density at radius 2 is 1.83 bits per heavy atom. The highest BCUT2D eigenvalue weighted by molar-refractivity contribution is 7.80. The van der Waals surface area contributed by atoms with Crippen LogP contribution in [-0.4, -0.2) is 30.2 Å². The van der Waals surface area contributed by atoms with E-state index in [-0.39, 0.29) is 23.4 Å². The minimum atomic E-state index is -0.386. The van der Waals surface area contributed by atoms with Gasteiger partial charge in [-0.15, -0.1) is 0 Å². The average molecular weight is 449 g/mol. The van der Waals surface area contributed by atoms with E-state index in [0.29, 0.717) is 41.7 Å². The Labute approximate surface area is 186 Å². The van der Waals surface area contributed by atoms with Crippen LogP contribution in [0.5, 0.6) is 5.75 Å². The molecule has 0 aliphatic carbocycles. The molecule has 0 unspecified atom stereocenters. The van der Waals surface area contributed by atoms with Crippen molar-refractivity contribution in [3.05, 3.63) is 59.1 Å². The predicted octanol–water partition coefficient (Wildman–Crippen LogP) is 4.97. The number of amides is 1. The van der Waals surface area contributed by atoms with Crippen LogP contribution in [0.25, 0.3) is 0 Å². The number of ether oxygens (including phenoxy) is 2. The fourth-order valence-electron chi connectivity index (χ4n) is 2.42. The Bertz CT molecular complexity index is 858. The molecule has 2 N–H and O–H groups in total. The number of hydrogen-bond acceptors (Lipinski definition) is 5. The summed E-state index contributed by atoms with van der Waals surface area (Å²) in [6.07, 6.45) is 2.58. The molecule has 30 heavy (non-hydrogen) atoms. The summed E-state index contributed by atoms with van der Waals surface area (Å²) in [5.74, 6) is 0.0928. The van der Waals surface area contributed by atoms with Crippen molar-refractivity contribution in [2.45, 2.75) is 32.6 Å². The molecular formula is C22H25ClN2O4S. The van der Waals surface area contributed by atoms with Gasteiger partial charge in [0.05, 0.1) is 18.8 Å². The molecule has 2 aromatic carbocycles. The third-order valence-corrected chi connectivity index (χ3v) is 4.43. The monoisotopic (exact) mass is 448 g/mol. The first-order valence-electron chi connectivity index (χ1n) is 9.74. The van der Waals surface area contributed by atoms with Crippen molar-refractivity contribution in [1.29, 1.82) is 0 Å². The molecule has 0 aliphatic heterocycles. The molecule has 0 fully saturated rings. The van der Waals surface area contributed by atoms with Gasteiger partial charge in [0.2, 0.25) is 5.91 Å². The van der Waals surface area contributed by atoms with E-state index in [0.717, 1.165) is 12.8 Å². The normalized spacial score (nSPS) is 10.2. The first kappa shape index (κ1) is 23.6. The van der Waals surface area contributed by atoms with Crippen LogP contribution in [0.3, 0.4) is 0 Å². The highest BCUT2D eigenvalue weighted by Gasteiger charge is 2.09. The van der Waals surface area contributed by atoms with Crippen molar-refractivity contribution in [1.82, 2.24) is 5.32 Å². The zero-order valence-corrected chi connectivity index (χ0v) is 18.4. The maximum atomic E-state index is 12.0. The van der Waals surface area contributed by atoms with E-state index in [1.165, 1.54) is 0 Å². The highest BCUT2D eigenvalue weighted by atomic mass is 35.5. The van der Waals surface area contributed by atoms with E-state index >= 15 is 0 Å². The van der Waals surface area contributed by atoms with Crippen molar-refractivity contribution in [2.24, 2.45) is 0 Å². The van der Waals surface area contributed by atoms with Crippen molar-refractivity contribution in [3.63, 3.8) is 0 Å². The van der Waals surface area contributed by atoms with Gasteiger partial charge in [-0.05, 0) is 67.5 Å². The molecule has 0 aliphatic rings. The lowest BCUT2D eigenvalue weighted by Gasteiger charge is -2.11. The Kier molecular flexibility index (Phi) is 10.1. The van der Waals surface area contributed by atoms with Gasteiger partial charge < -0.3 is 20.1 Å². The zero-order valence-electron chi connectivity index (χ0n) is 16.8.